The molecular formula is C26H29ClF2N4O4. The fraction of sp³-hybridized carbons (Fsp3) is 0.538. The van der Waals surface area contributed by atoms with Crippen LogP contribution < -0.4 is 10.6 Å². The van der Waals surface area contributed by atoms with Gasteiger partial charge in [0.25, 0.3) is 5.91 Å². The number of hydrogen-bond acceptors (Lipinski definition) is 4. The van der Waals surface area contributed by atoms with Crippen molar-refractivity contribution in [2.75, 3.05) is 13.1 Å². The van der Waals surface area contributed by atoms with Gasteiger partial charge in [-0.1, -0.05) is 24.9 Å². The number of carbonyl (C=O) groups is 4. The molecule has 3 aliphatic rings. The summed E-state index contributed by atoms with van der Waals surface area (Å²) in [7, 11) is 0. The van der Waals surface area contributed by atoms with E-state index >= 15 is 0 Å². The molecule has 1 aromatic carbocycles. The van der Waals surface area contributed by atoms with E-state index in [4.69, 9.17) is 11.6 Å². The van der Waals surface area contributed by atoms with E-state index in [-0.39, 0.29) is 63.9 Å². The van der Waals surface area contributed by atoms with Gasteiger partial charge in [-0.25, -0.2) is 8.78 Å². The monoisotopic (exact) mass is 534 g/mol. The molecule has 5 rings (SSSR count). The lowest BCUT2D eigenvalue weighted by Gasteiger charge is -2.29. The highest BCUT2D eigenvalue weighted by Crippen LogP contribution is 2.43. The number of amides is 3. The molecule has 3 heterocycles. The van der Waals surface area contributed by atoms with E-state index in [1.807, 2.05) is 0 Å². The number of rotatable bonds is 7. The summed E-state index contributed by atoms with van der Waals surface area (Å²) >= 11 is 6.00. The first-order valence-corrected chi connectivity index (χ1v) is 13.1. The van der Waals surface area contributed by atoms with Crippen molar-refractivity contribution in [3.63, 3.8) is 0 Å². The Bertz CT molecular complexity index is 1280. The van der Waals surface area contributed by atoms with Gasteiger partial charge in [0.1, 0.15) is 23.4 Å². The molecule has 0 spiro atoms. The van der Waals surface area contributed by atoms with Crippen molar-refractivity contribution in [2.45, 2.75) is 57.5 Å². The fourth-order valence-electron chi connectivity index (χ4n) is 6.24. The van der Waals surface area contributed by atoms with Crippen molar-refractivity contribution >= 4 is 46.0 Å². The quantitative estimate of drug-likeness (QED) is 0.473. The number of likely N-dealkylation sites (tertiary alicyclic amines) is 1. The molecule has 1 aliphatic carbocycles. The maximum Gasteiger partial charge on any atom is 0.271 e. The van der Waals surface area contributed by atoms with Crippen molar-refractivity contribution in [3.05, 3.63) is 34.5 Å². The summed E-state index contributed by atoms with van der Waals surface area (Å²) in [6.45, 7) is 2.59. The third-order valence-corrected chi connectivity index (χ3v) is 8.53. The summed E-state index contributed by atoms with van der Waals surface area (Å²) in [6, 6.07) is 0.319. The second-order valence-corrected chi connectivity index (χ2v) is 10.7. The number of carbonyl (C=O) groups excluding carboxylic acids is 4. The summed E-state index contributed by atoms with van der Waals surface area (Å²) in [5, 5.41) is 5.36. The molecule has 11 heteroatoms. The minimum Gasteiger partial charge on any atom is -0.356 e. The van der Waals surface area contributed by atoms with Crippen LogP contribution in [0.4, 0.5) is 8.78 Å². The molecule has 2 aliphatic heterocycles. The van der Waals surface area contributed by atoms with Gasteiger partial charge in [-0.3, -0.25) is 19.2 Å². The van der Waals surface area contributed by atoms with Crippen LogP contribution in [0.1, 0.15) is 55.9 Å². The Kier molecular flexibility index (Phi) is 6.95. The van der Waals surface area contributed by atoms with Crippen LogP contribution in [0.5, 0.6) is 0 Å². The lowest BCUT2D eigenvalue weighted by molar-refractivity contribution is -0.132. The van der Waals surface area contributed by atoms with Gasteiger partial charge in [0.15, 0.2) is 5.78 Å². The Morgan fingerprint density at radius 3 is 2.68 bits per heavy atom. The van der Waals surface area contributed by atoms with E-state index in [0.717, 1.165) is 19.3 Å². The van der Waals surface area contributed by atoms with Gasteiger partial charge in [0.05, 0.1) is 16.6 Å². The van der Waals surface area contributed by atoms with Crippen molar-refractivity contribution in [3.8, 4) is 0 Å². The molecule has 3 N–H and O–H groups in total. The molecule has 8 nitrogen and oxygen atoms in total. The third kappa shape index (κ3) is 4.60. The Labute approximate surface area is 217 Å². The lowest BCUT2D eigenvalue weighted by Crippen LogP contribution is -2.53. The number of nitrogens with zero attached hydrogens (tertiary/aromatic N) is 1. The van der Waals surface area contributed by atoms with Crippen LogP contribution in [-0.2, 0) is 14.4 Å². The molecule has 37 heavy (non-hydrogen) atoms. The smallest absolute Gasteiger partial charge is 0.271 e. The number of aromatic nitrogens is 1. The molecule has 198 valence electrons. The molecule has 1 saturated carbocycles. The largest absolute Gasteiger partial charge is 0.356 e. The van der Waals surface area contributed by atoms with Crippen molar-refractivity contribution in [1.29, 1.82) is 0 Å². The highest BCUT2D eigenvalue weighted by atomic mass is 35.5. The molecule has 1 aromatic heterocycles. The number of benzene rings is 1. The van der Waals surface area contributed by atoms with E-state index in [2.05, 4.69) is 15.6 Å². The van der Waals surface area contributed by atoms with E-state index in [1.54, 1.807) is 6.92 Å². The van der Waals surface area contributed by atoms with Crippen LogP contribution in [0.15, 0.2) is 12.1 Å². The molecular weight excluding hydrogens is 506 g/mol. The van der Waals surface area contributed by atoms with Gasteiger partial charge in [-0.05, 0) is 43.6 Å². The zero-order chi connectivity index (χ0) is 26.4. The topological polar surface area (TPSA) is 111 Å². The Balaban J connectivity index is 1.41. The van der Waals surface area contributed by atoms with Crippen molar-refractivity contribution in [1.82, 2.24) is 20.5 Å². The van der Waals surface area contributed by atoms with Gasteiger partial charge in [-0.2, -0.15) is 0 Å². The number of halogens is 3. The first-order chi connectivity index (χ1) is 17.7. The Morgan fingerprint density at radius 1 is 1.19 bits per heavy atom. The van der Waals surface area contributed by atoms with Crippen LogP contribution in [0.2, 0.25) is 5.02 Å². The Hall–Kier alpha value is -3.01. The molecule has 5 unspecified atom stereocenters. The Morgan fingerprint density at radius 2 is 1.97 bits per heavy atom. The van der Waals surface area contributed by atoms with Gasteiger partial charge in [0.2, 0.25) is 11.8 Å². The summed E-state index contributed by atoms with van der Waals surface area (Å²) in [5.41, 5.74) is -0.0819. The van der Waals surface area contributed by atoms with Crippen molar-refractivity contribution in [2.24, 2.45) is 17.8 Å². The standard InChI is InChI=1S/C26H29ClF2N4O4/c1-2-20(34)18(8-12-6-7-30-24(12)35)32-25(36)23-14-5-3-4-13(14)11-33(23)26(37)19-9-15-21(27)16(28)10-17(29)22(15)31-19/h9-10,12-14,18,23,31H,2-8,11H2,1H3,(H,30,35)(H,32,36). The number of nitrogens with one attached hydrogen (secondary N) is 3. The molecule has 2 saturated heterocycles. The van der Waals surface area contributed by atoms with Crippen LogP contribution in [0.25, 0.3) is 10.9 Å². The van der Waals surface area contributed by atoms with Crippen LogP contribution in [-0.4, -0.2) is 58.6 Å². The molecule has 0 bridgehead atoms. The second kappa shape index (κ2) is 10.0. The second-order valence-electron chi connectivity index (χ2n) is 10.3. The van der Waals surface area contributed by atoms with Crippen LogP contribution in [0.3, 0.4) is 0 Å². The maximum absolute atomic E-state index is 14.3. The van der Waals surface area contributed by atoms with Gasteiger partial charge >= 0.3 is 0 Å². The van der Waals surface area contributed by atoms with Gasteiger partial charge in [0, 0.05) is 36.9 Å². The average Bonchev–Trinajstić information content (AvgIpc) is 3.65. The van der Waals surface area contributed by atoms with Crippen molar-refractivity contribution < 1.29 is 28.0 Å². The summed E-state index contributed by atoms with van der Waals surface area (Å²) < 4.78 is 28.3. The molecule has 5 atom stereocenters. The normalized spacial score (nSPS) is 25.8. The molecule has 3 amide bonds. The van der Waals surface area contributed by atoms with Crippen LogP contribution in [0, 0.1) is 29.4 Å². The van der Waals surface area contributed by atoms with E-state index in [1.165, 1.54) is 11.0 Å². The van der Waals surface area contributed by atoms with E-state index in [0.29, 0.717) is 25.6 Å². The van der Waals surface area contributed by atoms with E-state index in [9.17, 15) is 28.0 Å². The number of Topliss-reactive ketones (excluding diaryl/α,β-unsaturated/α-hetero) is 1. The average molecular weight is 535 g/mol. The molecule has 2 aromatic rings. The zero-order valence-corrected chi connectivity index (χ0v) is 21.2. The number of ketones is 1. The highest BCUT2D eigenvalue weighted by Gasteiger charge is 2.50. The van der Waals surface area contributed by atoms with E-state index < -0.39 is 35.5 Å². The maximum atomic E-state index is 14.3. The lowest BCUT2D eigenvalue weighted by atomic mass is 9.91. The minimum absolute atomic E-state index is 0.00276. The first-order valence-electron chi connectivity index (χ1n) is 12.8. The van der Waals surface area contributed by atoms with Crippen LogP contribution >= 0.6 is 11.6 Å². The zero-order valence-electron chi connectivity index (χ0n) is 20.4. The van der Waals surface area contributed by atoms with Gasteiger partial charge in [-0.15, -0.1) is 0 Å². The predicted octanol–water partition coefficient (Wildman–Crippen LogP) is 3.33. The highest BCUT2D eigenvalue weighted by molar-refractivity contribution is 6.35. The SMILES string of the molecule is CCC(=O)C(CC1CCNC1=O)NC(=O)C1C2CCCC2CN1C(=O)c1cc2c(Cl)c(F)cc(F)c2[nH]1. The summed E-state index contributed by atoms with van der Waals surface area (Å²) in [5.74, 6) is -3.35. The minimum atomic E-state index is -0.930. The summed E-state index contributed by atoms with van der Waals surface area (Å²) in [4.78, 5) is 56.2. The number of aromatic amines is 1. The fourth-order valence-corrected chi connectivity index (χ4v) is 6.44. The summed E-state index contributed by atoms with van der Waals surface area (Å²) in [6.07, 6.45) is 3.59. The first kappa shape index (κ1) is 25.6. The number of fused-ring (bicyclic) bond motifs is 2. The predicted molar refractivity (Wildman–Crippen MR) is 132 cm³/mol. The number of hydrogen-bond donors (Lipinski definition) is 3. The van der Waals surface area contributed by atoms with Gasteiger partial charge < -0.3 is 20.5 Å². The number of H-pyrrole nitrogens is 1. The molecule has 3 fully saturated rings. The third-order valence-electron chi connectivity index (χ3n) is 8.14. The molecule has 0 radical (unpaired) electrons.